The van der Waals surface area contributed by atoms with Gasteiger partial charge >= 0.3 is 6.03 Å². The quantitative estimate of drug-likeness (QED) is 0.335. The Morgan fingerprint density at radius 2 is 2.11 bits per heavy atom. The van der Waals surface area contributed by atoms with Gasteiger partial charge in [-0.2, -0.15) is 0 Å². The number of urea groups is 1. The maximum atomic E-state index is 13.6. The monoisotopic (exact) mass is 545 g/mol. The van der Waals surface area contributed by atoms with Crippen molar-refractivity contribution in [2.24, 2.45) is 5.92 Å². The van der Waals surface area contributed by atoms with Crippen LogP contribution in [0.3, 0.4) is 0 Å². The van der Waals surface area contributed by atoms with E-state index in [4.69, 9.17) is 21.1 Å². The van der Waals surface area contributed by atoms with E-state index >= 15 is 0 Å². The first-order chi connectivity index (χ1) is 17.7. The predicted octanol–water partition coefficient (Wildman–Crippen LogP) is 4.56. The molecule has 10 heteroatoms. The van der Waals surface area contributed by atoms with Crippen LogP contribution in [0.25, 0.3) is 0 Å². The summed E-state index contributed by atoms with van der Waals surface area (Å²) in [7, 11) is 3.46. The Morgan fingerprint density at radius 1 is 1.35 bits per heavy atom. The maximum absolute atomic E-state index is 13.6. The van der Waals surface area contributed by atoms with Gasteiger partial charge in [0.05, 0.1) is 13.2 Å². The molecule has 3 N–H and O–H groups in total. The molecule has 3 atom stereocenters. The Morgan fingerprint density at radius 3 is 2.78 bits per heavy atom. The van der Waals surface area contributed by atoms with Crippen LogP contribution in [0.15, 0.2) is 24.3 Å². The Balaban J connectivity index is 1.66. The molecule has 2 fully saturated rings. The molecule has 1 saturated heterocycles. The van der Waals surface area contributed by atoms with Gasteiger partial charge in [0, 0.05) is 50.7 Å². The molecule has 0 spiro atoms. The van der Waals surface area contributed by atoms with Gasteiger partial charge in [0.25, 0.3) is 0 Å². The maximum Gasteiger partial charge on any atom is 0.317 e. The lowest BCUT2D eigenvalue weighted by atomic mass is 9.82. The highest BCUT2D eigenvalue weighted by atomic mass is 35.5. The molecule has 0 aromatic heterocycles. The molecule has 1 heterocycles. The molecule has 1 aromatic carbocycles. The number of carbonyl (C=O) groups is 1. The Labute approximate surface area is 224 Å². The van der Waals surface area contributed by atoms with Crippen molar-refractivity contribution in [2.45, 2.75) is 75.0 Å². The predicted molar refractivity (Wildman–Crippen MR) is 140 cm³/mol. The molecule has 1 aliphatic heterocycles. The van der Waals surface area contributed by atoms with E-state index in [1.807, 2.05) is 13.1 Å². The van der Waals surface area contributed by atoms with Crippen LogP contribution in [0, 0.1) is 5.92 Å². The zero-order valence-electron chi connectivity index (χ0n) is 22.0. The number of benzene rings is 1. The van der Waals surface area contributed by atoms with Gasteiger partial charge in [-0.15, -0.1) is 0 Å². The fourth-order valence-corrected chi connectivity index (χ4v) is 5.65. The number of nitrogens with zero attached hydrogens (tertiary/aromatic N) is 1. The molecule has 1 saturated carbocycles. The van der Waals surface area contributed by atoms with Crippen molar-refractivity contribution in [3.63, 3.8) is 0 Å². The van der Waals surface area contributed by atoms with E-state index in [0.717, 1.165) is 6.42 Å². The van der Waals surface area contributed by atoms with Crippen LogP contribution in [0.2, 0.25) is 5.02 Å². The molecule has 37 heavy (non-hydrogen) atoms. The number of methoxy groups -OCH3 is 1. The summed E-state index contributed by atoms with van der Waals surface area (Å²) < 4.78 is 38.3. The lowest BCUT2D eigenvalue weighted by molar-refractivity contribution is -0.146. The smallest absolute Gasteiger partial charge is 0.317 e. The molecular weight excluding hydrogens is 504 g/mol. The molecular formula is C27H42ClF2N3O4. The van der Waals surface area contributed by atoms with Crippen molar-refractivity contribution in [3.8, 4) is 0 Å². The summed E-state index contributed by atoms with van der Waals surface area (Å²) in [4.78, 5) is 15.0. The van der Waals surface area contributed by atoms with E-state index in [1.165, 1.54) is 0 Å². The molecule has 3 unspecified atom stereocenters. The minimum absolute atomic E-state index is 0.0878. The van der Waals surface area contributed by atoms with Crippen LogP contribution < -0.4 is 10.6 Å². The minimum Gasteiger partial charge on any atom is -0.385 e. The van der Waals surface area contributed by atoms with Gasteiger partial charge in [-0.1, -0.05) is 23.7 Å². The van der Waals surface area contributed by atoms with Gasteiger partial charge in [-0.05, 0) is 69.2 Å². The highest BCUT2D eigenvalue weighted by molar-refractivity contribution is 6.30. The first-order valence-corrected chi connectivity index (χ1v) is 13.7. The number of rotatable bonds is 12. The number of unbranched alkanes of at least 4 members (excludes halogenated alkanes) is 1. The van der Waals surface area contributed by atoms with Crippen LogP contribution in [0.1, 0.15) is 56.9 Å². The summed E-state index contributed by atoms with van der Waals surface area (Å²) >= 11 is 6.24. The number of carbonyl (C=O) groups excluding carboxylic acids is 1. The zero-order valence-corrected chi connectivity index (χ0v) is 22.7. The topological polar surface area (TPSA) is 83.1 Å². The molecule has 2 amide bonds. The average Bonchev–Trinajstić information content (AvgIpc) is 2.88. The molecule has 0 bridgehead atoms. The van der Waals surface area contributed by atoms with Crippen molar-refractivity contribution >= 4 is 17.6 Å². The van der Waals surface area contributed by atoms with Crippen LogP contribution in [-0.2, 0) is 15.1 Å². The molecule has 2 aliphatic rings. The van der Waals surface area contributed by atoms with Crippen LogP contribution in [-0.4, -0.2) is 81.1 Å². The number of hydrogen-bond acceptors (Lipinski definition) is 5. The summed E-state index contributed by atoms with van der Waals surface area (Å²) in [6.45, 7) is 2.07. The van der Waals surface area contributed by atoms with Gasteiger partial charge in [-0.25, -0.2) is 13.6 Å². The summed E-state index contributed by atoms with van der Waals surface area (Å²) in [6, 6.07) is 6.74. The van der Waals surface area contributed by atoms with Crippen molar-refractivity contribution in [2.75, 3.05) is 47.0 Å². The standard InChI is InChI=1S/C27H42ClF2N3O4/c1-31-18-23(16-20-8-11-26(29,30)12-9-20)32-25(34)33-13-15-37-24(19-33)27(35,10-3-4-14-36-2)21-6-5-7-22(28)17-21/h5-7,17,20,23-24,31,35H,3-4,8-16,18-19H2,1-2H3,(H,32,34). The molecule has 210 valence electrons. The molecule has 7 nitrogen and oxygen atoms in total. The van der Waals surface area contributed by atoms with Crippen molar-refractivity contribution in [3.05, 3.63) is 34.9 Å². The van der Waals surface area contributed by atoms with Crippen molar-refractivity contribution < 1.29 is 28.2 Å². The Hall–Kier alpha value is -1.52. The van der Waals surface area contributed by atoms with E-state index in [1.54, 1.807) is 30.2 Å². The first kappa shape index (κ1) is 30.0. The second-order valence-electron chi connectivity index (χ2n) is 10.4. The van der Waals surface area contributed by atoms with Crippen molar-refractivity contribution in [1.29, 1.82) is 0 Å². The Bertz CT molecular complexity index is 855. The lowest BCUT2D eigenvalue weighted by Gasteiger charge is -2.43. The SMILES string of the molecule is CNCC(CC1CCC(F)(F)CC1)NC(=O)N1CCOC(C(O)(CCCCOC)c2cccc(Cl)c2)C1. The highest BCUT2D eigenvalue weighted by Gasteiger charge is 2.43. The fourth-order valence-electron chi connectivity index (χ4n) is 5.46. The number of alkyl halides is 2. The number of halogens is 3. The molecule has 0 radical (unpaired) electrons. The summed E-state index contributed by atoms with van der Waals surface area (Å²) in [5.74, 6) is -2.40. The number of morpholine rings is 1. The van der Waals surface area contributed by atoms with E-state index in [-0.39, 0.29) is 37.4 Å². The average molecular weight is 546 g/mol. The van der Waals surface area contributed by atoms with E-state index in [9.17, 15) is 18.7 Å². The van der Waals surface area contributed by atoms with Gasteiger partial charge in [-0.3, -0.25) is 0 Å². The third-order valence-corrected chi connectivity index (χ3v) is 7.83. The molecule has 3 rings (SSSR count). The third-order valence-electron chi connectivity index (χ3n) is 7.60. The fraction of sp³-hybridized carbons (Fsp3) is 0.741. The number of aliphatic hydroxyl groups is 1. The second-order valence-corrected chi connectivity index (χ2v) is 10.9. The third kappa shape index (κ3) is 8.75. The Kier molecular flexibility index (Phi) is 11.4. The van der Waals surface area contributed by atoms with Gasteiger partial charge in [0.15, 0.2) is 0 Å². The van der Waals surface area contributed by atoms with E-state index in [0.29, 0.717) is 69.0 Å². The zero-order chi connectivity index (χ0) is 26.9. The molecule has 1 aliphatic carbocycles. The van der Waals surface area contributed by atoms with Gasteiger partial charge in [0.1, 0.15) is 11.7 Å². The van der Waals surface area contributed by atoms with Crippen LogP contribution in [0.5, 0.6) is 0 Å². The number of hydrogen-bond donors (Lipinski definition) is 3. The van der Waals surface area contributed by atoms with Crippen LogP contribution in [0.4, 0.5) is 13.6 Å². The number of likely N-dealkylation sites (N-methyl/N-ethyl adjacent to an activating group) is 1. The van der Waals surface area contributed by atoms with E-state index in [2.05, 4.69) is 10.6 Å². The second kappa shape index (κ2) is 14.0. The summed E-state index contributed by atoms with van der Waals surface area (Å²) in [5, 5.41) is 18.6. The lowest BCUT2D eigenvalue weighted by Crippen LogP contribution is -2.58. The number of ether oxygens (including phenoxy) is 2. The highest BCUT2D eigenvalue weighted by Crippen LogP contribution is 2.38. The largest absolute Gasteiger partial charge is 0.385 e. The van der Waals surface area contributed by atoms with E-state index < -0.39 is 17.6 Å². The first-order valence-electron chi connectivity index (χ1n) is 13.3. The number of amides is 2. The minimum atomic E-state index is -2.57. The molecule has 1 aromatic rings. The van der Waals surface area contributed by atoms with Gasteiger partial charge in [0.2, 0.25) is 5.92 Å². The van der Waals surface area contributed by atoms with Crippen LogP contribution >= 0.6 is 11.6 Å². The van der Waals surface area contributed by atoms with Crippen molar-refractivity contribution in [1.82, 2.24) is 15.5 Å². The number of nitrogens with one attached hydrogen (secondary N) is 2. The summed E-state index contributed by atoms with van der Waals surface area (Å²) in [6.07, 6.45) is 2.73. The van der Waals surface area contributed by atoms with Gasteiger partial charge < -0.3 is 30.1 Å². The summed E-state index contributed by atoms with van der Waals surface area (Å²) in [5.41, 5.74) is -0.665. The normalized spacial score (nSPS) is 22.9.